The Bertz CT molecular complexity index is 1220. The second kappa shape index (κ2) is 9.83. The number of rotatable bonds is 8. The highest BCUT2D eigenvalue weighted by Gasteiger charge is 2.11. The molecule has 6 heteroatoms. The molecule has 0 bridgehead atoms. The van der Waals surface area contributed by atoms with Gasteiger partial charge in [0.05, 0.1) is 10.8 Å². The zero-order chi connectivity index (χ0) is 22.5. The number of aromatic nitrogens is 1. The summed E-state index contributed by atoms with van der Waals surface area (Å²) in [4.78, 5) is 12.6. The molecular weight excluding hydrogens is 418 g/mol. The number of carbonyl (C=O) groups is 1. The largest absolute Gasteiger partial charge is 0.490 e. The van der Waals surface area contributed by atoms with Crippen molar-refractivity contribution in [1.29, 1.82) is 0 Å². The van der Waals surface area contributed by atoms with Crippen LogP contribution in [0.3, 0.4) is 0 Å². The first-order chi connectivity index (χ1) is 15.5. The predicted molar refractivity (Wildman–Crippen MR) is 133 cm³/mol. The van der Waals surface area contributed by atoms with Gasteiger partial charge in [-0.25, -0.2) is 0 Å². The number of benzene rings is 3. The van der Waals surface area contributed by atoms with Gasteiger partial charge in [-0.3, -0.25) is 4.79 Å². The molecule has 0 aliphatic carbocycles. The maximum absolute atomic E-state index is 12.6. The van der Waals surface area contributed by atoms with Crippen LogP contribution in [0.25, 0.3) is 21.2 Å². The average Bonchev–Trinajstić information content (AvgIpc) is 3.21. The van der Waals surface area contributed by atoms with Crippen molar-refractivity contribution in [3.63, 3.8) is 0 Å². The molecule has 1 amide bonds. The summed E-state index contributed by atoms with van der Waals surface area (Å²) < 4.78 is 11.6. The van der Waals surface area contributed by atoms with Gasteiger partial charge in [0, 0.05) is 29.6 Å². The minimum atomic E-state index is -0.0932. The molecule has 0 aliphatic heterocycles. The quantitative estimate of drug-likeness (QED) is 0.331. The van der Waals surface area contributed by atoms with Crippen molar-refractivity contribution in [2.75, 3.05) is 18.4 Å². The molecule has 0 atom stereocenters. The molecule has 5 nitrogen and oxygen atoms in total. The zero-order valence-electron chi connectivity index (χ0n) is 18.5. The van der Waals surface area contributed by atoms with Crippen molar-refractivity contribution in [1.82, 2.24) is 9.69 Å². The number of aryl methyl sites for hydroxylation is 1. The van der Waals surface area contributed by atoms with E-state index in [2.05, 4.69) is 34.1 Å². The van der Waals surface area contributed by atoms with Crippen LogP contribution in [0, 0.1) is 6.92 Å². The number of hydrogen-bond acceptors (Lipinski definition) is 5. The number of carbonyl (C=O) groups excluding carboxylic acids is 1. The number of ether oxygens (including phenoxy) is 1. The molecule has 0 saturated heterocycles. The van der Waals surface area contributed by atoms with Gasteiger partial charge >= 0.3 is 0 Å². The van der Waals surface area contributed by atoms with Crippen molar-refractivity contribution in [3.8, 4) is 16.9 Å². The molecule has 4 rings (SSSR count). The Kier molecular flexibility index (Phi) is 6.71. The summed E-state index contributed by atoms with van der Waals surface area (Å²) in [6.45, 7) is 7.21. The fraction of sp³-hybridized carbons (Fsp3) is 0.231. The Morgan fingerprint density at radius 1 is 1.03 bits per heavy atom. The van der Waals surface area contributed by atoms with Crippen molar-refractivity contribution in [2.24, 2.45) is 0 Å². The third-order valence-electron chi connectivity index (χ3n) is 5.04. The molecule has 0 spiro atoms. The summed E-state index contributed by atoms with van der Waals surface area (Å²) in [6, 6.07) is 21.9. The second-order valence-electron chi connectivity index (χ2n) is 7.95. The lowest BCUT2D eigenvalue weighted by molar-refractivity contribution is 0.0955. The monoisotopic (exact) mass is 445 g/mol. The highest BCUT2D eigenvalue weighted by Crippen LogP contribution is 2.32. The highest BCUT2D eigenvalue weighted by molar-refractivity contribution is 7.13. The van der Waals surface area contributed by atoms with Gasteiger partial charge in [-0.2, -0.15) is 4.37 Å². The van der Waals surface area contributed by atoms with Gasteiger partial charge in [0.15, 0.2) is 0 Å². The SMILES string of the molecule is Cc1ccc(OC(C)C)c(-c2ccc(C(=O)NCCNc3nsc4ccccc34)cc2)c1. The van der Waals surface area contributed by atoms with Crippen LogP contribution in [0.2, 0.25) is 0 Å². The second-order valence-corrected chi connectivity index (χ2v) is 8.76. The van der Waals surface area contributed by atoms with E-state index in [0.29, 0.717) is 18.7 Å². The first kappa shape index (κ1) is 21.8. The fourth-order valence-electron chi connectivity index (χ4n) is 3.50. The van der Waals surface area contributed by atoms with Crippen molar-refractivity contribution in [2.45, 2.75) is 26.9 Å². The first-order valence-corrected chi connectivity index (χ1v) is 11.5. The third-order valence-corrected chi connectivity index (χ3v) is 5.86. The van der Waals surface area contributed by atoms with Gasteiger partial charge in [0.25, 0.3) is 5.91 Å². The normalized spacial score (nSPS) is 11.0. The number of nitrogens with one attached hydrogen (secondary N) is 2. The summed E-state index contributed by atoms with van der Waals surface area (Å²) in [7, 11) is 0. The van der Waals surface area contributed by atoms with Crippen molar-refractivity contribution < 1.29 is 9.53 Å². The maximum Gasteiger partial charge on any atom is 0.251 e. The van der Waals surface area contributed by atoms with Gasteiger partial charge < -0.3 is 15.4 Å². The molecular formula is C26H27N3O2S. The van der Waals surface area contributed by atoms with Gasteiger partial charge in [-0.05, 0) is 74.3 Å². The smallest absolute Gasteiger partial charge is 0.251 e. The molecule has 0 radical (unpaired) electrons. The number of fused-ring (bicyclic) bond motifs is 1. The zero-order valence-corrected chi connectivity index (χ0v) is 19.3. The molecule has 4 aromatic rings. The Balaban J connectivity index is 1.36. The Morgan fingerprint density at radius 3 is 2.59 bits per heavy atom. The first-order valence-electron chi connectivity index (χ1n) is 10.8. The average molecular weight is 446 g/mol. The molecule has 0 saturated carbocycles. The van der Waals surface area contributed by atoms with Crippen LogP contribution < -0.4 is 15.4 Å². The van der Waals surface area contributed by atoms with E-state index in [1.165, 1.54) is 17.1 Å². The van der Waals surface area contributed by atoms with E-state index in [-0.39, 0.29) is 12.0 Å². The van der Waals surface area contributed by atoms with Gasteiger partial charge in [0.1, 0.15) is 11.6 Å². The molecule has 0 aliphatic rings. The van der Waals surface area contributed by atoms with E-state index in [4.69, 9.17) is 4.74 Å². The van der Waals surface area contributed by atoms with E-state index in [0.717, 1.165) is 32.8 Å². The Labute approximate surface area is 192 Å². The summed E-state index contributed by atoms with van der Waals surface area (Å²) in [5.74, 6) is 1.62. The van der Waals surface area contributed by atoms with Gasteiger partial charge in [0.2, 0.25) is 0 Å². The van der Waals surface area contributed by atoms with Gasteiger partial charge in [-0.15, -0.1) is 0 Å². The fourth-order valence-corrected chi connectivity index (χ4v) is 4.25. The highest BCUT2D eigenvalue weighted by atomic mass is 32.1. The van der Waals surface area contributed by atoms with E-state index < -0.39 is 0 Å². The summed E-state index contributed by atoms with van der Waals surface area (Å²) in [6.07, 6.45) is 0.0948. The van der Waals surface area contributed by atoms with E-state index >= 15 is 0 Å². The van der Waals surface area contributed by atoms with E-state index in [9.17, 15) is 4.79 Å². The predicted octanol–water partition coefficient (Wildman–Crippen LogP) is 5.90. The minimum absolute atomic E-state index is 0.0932. The number of amides is 1. The minimum Gasteiger partial charge on any atom is -0.490 e. The maximum atomic E-state index is 12.6. The Morgan fingerprint density at radius 2 is 1.81 bits per heavy atom. The summed E-state index contributed by atoms with van der Waals surface area (Å²) in [5, 5.41) is 7.38. The lowest BCUT2D eigenvalue weighted by atomic mass is 10.0. The molecule has 0 fully saturated rings. The summed E-state index contributed by atoms with van der Waals surface area (Å²) >= 11 is 1.47. The molecule has 3 aromatic carbocycles. The molecule has 32 heavy (non-hydrogen) atoms. The van der Waals surface area contributed by atoms with Crippen LogP contribution in [0.15, 0.2) is 66.7 Å². The standard InChI is InChI=1S/C26H27N3O2S/c1-17(2)31-23-13-8-18(3)16-22(23)19-9-11-20(12-10-19)26(30)28-15-14-27-25-21-6-4-5-7-24(21)32-29-25/h4-13,16-17H,14-15H2,1-3H3,(H,27,29)(H,28,30). The van der Waals surface area contributed by atoms with Crippen LogP contribution in [-0.2, 0) is 0 Å². The van der Waals surface area contributed by atoms with E-state index in [1.54, 1.807) is 0 Å². The third kappa shape index (κ3) is 5.08. The summed E-state index contributed by atoms with van der Waals surface area (Å²) in [5.41, 5.74) is 3.86. The van der Waals surface area contributed by atoms with Crippen LogP contribution >= 0.6 is 11.5 Å². The lowest BCUT2D eigenvalue weighted by Crippen LogP contribution is -2.28. The topological polar surface area (TPSA) is 63.2 Å². The van der Waals surface area contributed by atoms with Crippen molar-refractivity contribution >= 4 is 33.3 Å². The number of hydrogen-bond donors (Lipinski definition) is 2. The van der Waals surface area contributed by atoms with Crippen LogP contribution in [0.5, 0.6) is 5.75 Å². The molecule has 2 N–H and O–H groups in total. The van der Waals surface area contributed by atoms with Crippen LogP contribution in [-0.4, -0.2) is 29.5 Å². The van der Waals surface area contributed by atoms with Crippen LogP contribution in [0.4, 0.5) is 5.82 Å². The molecule has 0 unspecified atom stereocenters. The molecule has 164 valence electrons. The van der Waals surface area contributed by atoms with Crippen LogP contribution in [0.1, 0.15) is 29.8 Å². The van der Waals surface area contributed by atoms with E-state index in [1.807, 2.05) is 68.4 Å². The number of anilines is 1. The number of nitrogens with zero attached hydrogens (tertiary/aromatic N) is 1. The van der Waals surface area contributed by atoms with Gasteiger partial charge in [-0.1, -0.05) is 35.9 Å². The lowest BCUT2D eigenvalue weighted by Gasteiger charge is -2.15. The van der Waals surface area contributed by atoms with Crippen molar-refractivity contribution in [3.05, 3.63) is 77.9 Å². The molecule has 1 heterocycles. The molecule has 1 aromatic heterocycles. The Hall–Kier alpha value is -3.38.